The molecule has 0 atom stereocenters. The summed E-state index contributed by atoms with van der Waals surface area (Å²) in [7, 11) is 0. The molecule has 0 aromatic heterocycles. The number of rotatable bonds is 6. The van der Waals surface area contributed by atoms with E-state index >= 15 is 0 Å². The Bertz CT molecular complexity index is 570. The lowest BCUT2D eigenvalue weighted by molar-refractivity contribution is -0.301. The topological polar surface area (TPSA) is 9.23 Å². The highest BCUT2D eigenvalue weighted by Gasteiger charge is 2.44. The van der Waals surface area contributed by atoms with Crippen LogP contribution < -0.4 is 0 Å². The average molecular weight is 451 g/mol. The molecule has 32 heavy (non-hydrogen) atoms. The maximum Gasteiger partial charge on any atom is 0.358 e. The quantitative estimate of drug-likeness (QED) is 0.366. The monoisotopic (exact) mass is 450 g/mol. The van der Waals surface area contributed by atoms with Crippen LogP contribution in [0.3, 0.4) is 0 Å². The van der Waals surface area contributed by atoms with E-state index in [0.717, 1.165) is 62.2 Å². The van der Waals surface area contributed by atoms with Crippen molar-refractivity contribution in [1.29, 1.82) is 0 Å². The summed E-state index contributed by atoms with van der Waals surface area (Å²) in [5, 5.41) is 0. The lowest BCUT2D eigenvalue weighted by Gasteiger charge is -2.37. The molecule has 0 aromatic rings. The van der Waals surface area contributed by atoms with Gasteiger partial charge in [-0.2, -0.15) is 8.78 Å². The van der Waals surface area contributed by atoms with Crippen molar-refractivity contribution in [1.82, 2.24) is 0 Å². The maximum absolute atomic E-state index is 14.8. The van der Waals surface area contributed by atoms with Gasteiger partial charge in [-0.05, 0) is 125 Å². The Morgan fingerprint density at radius 3 is 1.47 bits per heavy atom. The number of halogens is 2. The third kappa shape index (κ3) is 6.80. The first-order valence-corrected chi connectivity index (χ1v) is 14.1. The molecule has 0 aliphatic heterocycles. The largest absolute Gasteiger partial charge is 0.358 e. The zero-order chi connectivity index (χ0) is 22.6. The Kier molecular flexibility index (Phi) is 8.73. The van der Waals surface area contributed by atoms with E-state index in [1.165, 1.54) is 51.4 Å². The fraction of sp³-hybridized carbons (Fsp3) is 0.931. The van der Waals surface area contributed by atoms with Crippen LogP contribution in [0.4, 0.5) is 8.78 Å². The second kappa shape index (κ2) is 11.3. The van der Waals surface area contributed by atoms with Crippen LogP contribution in [-0.4, -0.2) is 12.2 Å². The first kappa shape index (κ1) is 24.7. The first-order valence-electron chi connectivity index (χ1n) is 14.1. The van der Waals surface area contributed by atoms with E-state index in [2.05, 4.69) is 26.0 Å². The second-order valence-electron chi connectivity index (χ2n) is 12.3. The van der Waals surface area contributed by atoms with Gasteiger partial charge >= 0.3 is 6.11 Å². The molecule has 184 valence electrons. The van der Waals surface area contributed by atoms with Gasteiger partial charge in [0.25, 0.3) is 0 Å². The molecular formula is C29H48F2O. The van der Waals surface area contributed by atoms with Crippen LogP contribution >= 0.6 is 0 Å². The molecule has 4 fully saturated rings. The number of allylic oxidation sites excluding steroid dienone is 2. The summed E-state index contributed by atoms with van der Waals surface area (Å²) >= 11 is 0. The van der Waals surface area contributed by atoms with Crippen molar-refractivity contribution in [2.45, 2.75) is 129 Å². The summed E-state index contributed by atoms with van der Waals surface area (Å²) in [6, 6.07) is 0. The highest BCUT2D eigenvalue weighted by atomic mass is 19.3. The number of hydrogen-bond donors (Lipinski definition) is 0. The summed E-state index contributed by atoms with van der Waals surface area (Å²) in [5.74, 6) is 4.21. The van der Waals surface area contributed by atoms with E-state index in [1.807, 2.05) is 0 Å². The molecule has 4 rings (SSSR count). The molecule has 1 nitrogen and oxygen atoms in total. The number of ether oxygens (including phenoxy) is 1. The van der Waals surface area contributed by atoms with E-state index in [0.29, 0.717) is 24.7 Å². The van der Waals surface area contributed by atoms with Gasteiger partial charge in [0, 0.05) is 0 Å². The van der Waals surface area contributed by atoms with E-state index in [4.69, 9.17) is 4.74 Å². The molecule has 0 radical (unpaired) electrons. The van der Waals surface area contributed by atoms with Gasteiger partial charge in [-0.25, -0.2) is 0 Å². The van der Waals surface area contributed by atoms with Crippen molar-refractivity contribution in [3.05, 3.63) is 12.2 Å². The molecule has 4 aliphatic rings. The molecule has 0 aromatic carbocycles. The SMILES string of the molecule is CC1CCC(OC(F)(F)C2CCC(/C=C/C3CCC(C4CCC(C)CC4)CC3)CC2)CC1. The third-order valence-electron chi connectivity index (χ3n) is 9.73. The fourth-order valence-electron chi connectivity index (χ4n) is 7.19. The number of alkyl halides is 2. The normalized spacial score (nSPS) is 42.2. The van der Waals surface area contributed by atoms with Gasteiger partial charge in [0.2, 0.25) is 0 Å². The zero-order valence-electron chi connectivity index (χ0n) is 20.8. The maximum atomic E-state index is 14.8. The molecule has 0 unspecified atom stereocenters. The molecule has 0 spiro atoms. The van der Waals surface area contributed by atoms with Crippen LogP contribution in [0.15, 0.2) is 12.2 Å². The van der Waals surface area contributed by atoms with Gasteiger partial charge in [-0.3, -0.25) is 0 Å². The Labute approximate surface area is 196 Å². The van der Waals surface area contributed by atoms with Gasteiger partial charge in [0.15, 0.2) is 0 Å². The van der Waals surface area contributed by atoms with Crippen LogP contribution in [0.2, 0.25) is 0 Å². The van der Waals surface area contributed by atoms with Gasteiger partial charge < -0.3 is 4.74 Å². The Hall–Kier alpha value is -0.440. The van der Waals surface area contributed by atoms with E-state index in [1.54, 1.807) is 0 Å². The molecule has 3 heteroatoms. The van der Waals surface area contributed by atoms with Crippen molar-refractivity contribution >= 4 is 0 Å². The Balaban J connectivity index is 1.15. The fourth-order valence-corrected chi connectivity index (χ4v) is 7.19. The molecule has 0 heterocycles. The van der Waals surface area contributed by atoms with Crippen molar-refractivity contribution in [2.24, 2.45) is 41.4 Å². The summed E-state index contributed by atoms with van der Waals surface area (Å²) < 4.78 is 34.9. The minimum absolute atomic E-state index is 0.231. The number of hydrogen-bond acceptors (Lipinski definition) is 1. The lowest BCUT2D eigenvalue weighted by Crippen LogP contribution is -2.38. The predicted molar refractivity (Wildman–Crippen MR) is 129 cm³/mol. The van der Waals surface area contributed by atoms with Crippen molar-refractivity contribution in [2.75, 3.05) is 0 Å². The van der Waals surface area contributed by atoms with Crippen molar-refractivity contribution in [3.8, 4) is 0 Å². The molecular weight excluding hydrogens is 402 g/mol. The first-order chi connectivity index (χ1) is 15.4. The molecule has 0 amide bonds. The second-order valence-corrected chi connectivity index (χ2v) is 12.3. The predicted octanol–water partition coefficient (Wildman–Crippen LogP) is 9.17. The highest BCUT2D eigenvalue weighted by molar-refractivity contribution is 4.97. The van der Waals surface area contributed by atoms with Crippen LogP contribution in [0, 0.1) is 41.4 Å². The van der Waals surface area contributed by atoms with Crippen LogP contribution in [-0.2, 0) is 4.74 Å². The Morgan fingerprint density at radius 2 is 0.969 bits per heavy atom. The van der Waals surface area contributed by atoms with Gasteiger partial charge in [0.1, 0.15) is 0 Å². The minimum atomic E-state index is -2.94. The summed E-state index contributed by atoms with van der Waals surface area (Å²) in [4.78, 5) is 0. The average Bonchev–Trinajstić information content (AvgIpc) is 2.80. The molecule has 0 saturated heterocycles. The van der Waals surface area contributed by atoms with Crippen LogP contribution in [0.5, 0.6) is 0 Å². The summed E-state index contributed by atoms with van der Waals surface area (Å²) in [6.45, 7) is 4.63. The third-order valence-corrected chi connectivity index (χ3v) is 9.73. The standard InChI is InChI=1S/C29H48F2O/c1-21-3-13-25(14-4-21)26-15-9-23(10-16-26)7-8-24-11-17-27(18-12-24)29(30,31)32-28-19-5-22(2)6-20-28/h7-8,21-28H,3-6,9-20H2,1-2H3/b8-7+. The van der Waals surface area contributed by atoms with Crippen LogP contribution in [0.25, 0.3) is 0 Å². The van der Waals surface area contributed by atoms with Gasteiger partial charge in [-0.1, -0.05) is 38.8 Å². The van der Waals surface area contributed by atoms with Crippen LogP contribution in [0.1, 0.15) is 117 Å². The highest BCUT2D eigenvalue weighted by Crippen LogP contribution is 2.44. The van der Waals surface area contributed by atoms with E-state index in [9.17, 15) is 8.78 Å². The van der Waals surface area contributed by atoms with Crippen molar-refractivity contribution in [3.63, 3.8) is 0 Å². The van der Waals surface area contributed by atoms with E-state index < -0.39 is 12.0 Å². The van der Waals surface area contributed by atoms with Gasteiger partial charge in [0.05, 0.1) is 12.0 Å². The smallest absolute Gasteiger partial charge is 0.317 e. The summed E-state index contributed by atoms with van der Waals surface area (Å²) in [5.41, 5.74) is 0. The molecule has 4 aliphatic carbocycles. The van der Waals surface area contributed by atoms with Crippen molar-refractivity contribution < 1.29 is 13.5 Å². The molecule has 0 N–H and O–H groups in total. The lowest BCUT2D eigenvalue weighted by atomic mass is 9.69. The Morgan fingerprint density at radius 1 is 0.562 bits per heavy atom. The molecule has 4 saturated carbocycles. The zero-order valence-corrected chi connectivity index (χ0v) is 20.8. The minimum Gasteiger partial charge on any atom is -0.317 e. The van der Waals surface area contributed by atoms with E-state index in [-0.39, 0.29) is 6.10 Å². The van der Waals surface area contributed by atoms with Gasteiger partial charge in [-0.15, -0.1) is 0 Å². The molecule has 0 bridgehead atoms. The summed E-state index contributed by atoms with van der Waals surface area (Å²) in [6.07, 6.45) is 19.7.